The molecule has 0 fully saturated rings. The summed E-state index contributed by atoms with van der Waals surface area (Å²) in [6, 6.07) is 0. The molecule has 0 aliphatic rings. The molecule has 0 heterocycles. The molecular weight excluding hydrogens is 142 g/mol. The highest BCUT2D eigenvalue weighted by Gasteiger charge is 2.15. The molecule has 0 saturated carbocycles. The van der Waals surface area contributed by atoms with E-state index in [1.54, 1.807) is 6.92 Å². The van der Waals surface area contributed by atoms with Crippen molar-refractivity contribution in [1.82, 2.24) is 0 Å². The van der Waals surface area contributed by atoms with Gasteiger partial charge in [-0.05, 0) is 6.42 Å². The van der Waals surface area contributed by atoms with Crippen molar-refractivity contribution in [3.63, 3.8) is 0 Å². The average Bonchev–Trinajstić information content (AvgIpc) is 1.64. The van der Waals surface area contributed by atoms with E-state index in [1.807, 2.05) is 0 Å². The smallest absolute Gasteiger partial charge is 0.280 e. The van der Waals surface area contributed by atoms with E-state index in [9.17, 15) is 8.42 Å². The first-order valence-electron chi connectivity index (χ1n) is 2.70. The average molecular weight is 153 g/mol. The predicted molar refractivity (Wildman–Crippen MR) is 34.4 cm³/mol. The standard InChI is InChI=1S/C4H11NO3S/c1-2-3-4(5)9(6,7)8/h4H,2-3,5H2,1H3,(H,6,7,8)/t4-/m1/s1. The van der Waals surface area contributed by atoms with Crippen LogP contribution >= 0.6 is 0 Å². The molecule has 3 N–H and O–H groups in total. The van der Waals surface area contributed by atoms with Crippen LogP contribution in [0.5, 0.6) is 0 Å². The lowest BCUT2D eigenvalue weighted by Crippen LogP contribution is -2.29. The van der Waals surface area contributed by atoms with Gasteiger partial charge in [-0.3, -0.25) is 4.55 Å². The van der Waals surface area contributed by atoms with E-state index in [0.717, 1.165) is 0 Å². The Balaban J connectivity index is 3.90. The molecule has 0 aromatic heterocycles. The van der Waals surface area contributed by atoms with Crippen molar-refractivity contribution in [1.29, 1.82) is 0 Å². The number of hydrogen-bond donors (Lipinski definition) is 2. The maximum Gasteiger partial charge on any atom is 0.280 e. The van der Waals surface area contributed by atoms with Crippen LogP contribution in [0.4, 0.5) is 0 Å². The first kappa shape index (κ1) is 8.87. The van der Waals surface area contributed by atoms with Crippen LogP contribution in [-0.2, 0) is 10.1 Å². The Bertz CT molecular complexity index is 163. The SMILES string of the molecule is CCC[C@H](N)S(=O)(=O)O. The lowest BCUT2D eigenvalue weighted by molar-refractivity contribution is 0.462. The molecule has 9 heavy (non-hydrogen) atoms. The van der Waals surface area contributed by atoms with Gasteiger partial charge in [0.15, 0.2) is 0 Å². The highest BCUT2D eigenvalue weighted by Crippen LogP contribution is 1.98. The van der Waals surface area contributed by atoms with Gasteiger partial charge in [-0.1, -0.05) is 13.3 Å². The van der Waals surface area contributed by atoms with E-state index in [-0.39, 0.29) is 0 Å². The number of nitrogens with two attached hydrogens (primary N) is 1. The summed E-state index contributed by atoms with van der Waals surface area (Å²) in [4.78, 5) is 0. The summed E-state index contributed by atoms with van der Waals surface area (Å²) in [5.41, 5.74) is 5.02. The van der Waals surface area contributed by atoms with Crippen molar-refractivity contribution in [2.75, 3.05) is 0 Å². The lowest BCUT2D eigenvalue weighted by atomic mass is 10.3. The summed E-state index contributed by atoms with van der Waals surface area (Å²) >= 11 is 0. The van der Waals surface area contributed by atoms with E-state index in [0.29, 0.717) is 12.8 Å². The van der Waals surface area contributed by atoms with Crippen LogP contribution in [-0.4, -0.2) is 18.3 Å². The van der Waals surface area contributed by atoms with E-state index < -0.39 is 15.5 Å². The molecule has 5 heteroatoms. The highest BCUT2D eigenvalue weighted by molar-refractivity contribution is 7.86. The van der Waals surface area contributed by atoms with E-state index in [2.05, 4.69) is 0 Å². The first-order chi connectivity index (χ1) is 3.98. The van der Waals surface area contributed by atoms with Crippen LogP contribution in [0.3, 0.4) is 0 Å². The monoisotopic (exact) mass is 153 g/mol. The van der Waals surface area contributed by atoms with Crippen molar-refractivity contribution in [2.45, 2.75) is 25.1 Å². The molecule has 4 nitrogen and oxygen atoms in total. The van der Waals surface area contributed by atoms with Crippen molar-refractivity contribution < 1.29 is 13.0 Å². The van der Waals surface area contributed by atoms with Crippen LogP contribution in [0.15, 0.2) is 0 Å². The Morgan fingerprint density at radius 1 is 1.67 bits per heavy atom. The quantitative estimate of drug-likeness (QED) is 0.557. The van der Waals surface area contributed by atoms with Gasteiger partial charge in [-0.15, -0.1) is 0 Å². The Morgan fingerprint density at radius 2 is 2.11 bits per heavy atom. The van der Waals surface area contributed by atoms with Gasteiger partial charge in [0.2, 0.25) is 0 Å². The van der Waals surface area contributed by atoms with Gasteiger partial charge >= 0.3 is 0 Å². The van der Waals surface area contributed by atoms with Crippen LogP contribution in [0.1, 0.15) is 19.8 Å². The summed E-state index contributed by atoms with van der Waals surface area (Å²) in [5.74, 6) is 0. The summed E-state index contributed by atoms with van der Waals surface area (Å²) < 4.78 is 28.6. The Labute approximate surface area is 54.8 Å². The lowest BCUT2D eigenvalue weighted by Gasteiger charge is -2.03. The summed E-state index contributed by atoms with van der Waals surface area (Å²) in [6.07, 6.45) is 0.958. The zero-order valence-electron chi connectivity index (χ0n) is 5.24. The van der Waals surface area contributed by atoms with E-state index in [1.165, 1.54) is 0 Å². The molecule has 0 bridgehead atoms. The summed E-state index contributed by atoms with van der Waals surface area (Å²) in [7, 11) is -3.99. The fourth-order valence-corrected chi connectivity index (χ4v) is 0.967. The minimum Gasteiger partial charge on any atom is -0.313 e. The molecule has 0 rings (SSSR count). The van der Waals surface area contributed by atoms with Gasteiger partial charge in [0.25, 0.3) is 10.1 Å². The van der Waals surface area contributed by atoms with Crippen LogP contribution in [0.2, 0.25) is 0 Å². The third kappa shape index (κ3) is 3.45. The Kier molecular flexibility index (Phi) is 3.10. The predicted octanol–water partition coefficient (Wildman–Crippen LogP) is -0.0409. The minimum absolute atomic E-state index is 0.304. The minimum atomic E-state index is -3.99. The molecule has 56 valence electrons. The van der Waals surface area contributed by atoms with Crippen LogP contribution in [0, 0.1) is 0 Å². The second-order valence-corrected chi connectivity index (χ2v) is 3.48. The molecule has 0 radical (unpaired) electrons. The van der Waals surface area contributed by atoms with Gasteiger partial charge < -0.3 is 5.73 Å². The molecule has 0 spiro atoms. The van der Waals surface area contributed by atoms with Gasteiger partial charge in [-0.25, -0.2) is 0 Å². The molecule has 0 unspecified atom stereocenters. The van der Waals surface area contributed by atoms with Crippen LogP contribution in [0.25, 0.3) is 0 Å². The normalized spacial score (nSPS) is 15.4. The molecule has 0 aromatic carbocycles. The molecule has 0 aliphatic carbocycles. The van der Waals surface area contributed by atoms with Crippen molar-refractivity contribution >= 4 is 10.1 Å². The third-order valence-electron chi connectivity index (χ3n) is 0.956. The second kappa shape index (κ2) is 3.14. The molecule has 0 saturated heterocycles. The first-order valence-corrected chi connectivity index (χ1v) is 4.20. The van der Waals surface area contributed by atoms with Crippen molar-refractivity contribution in [3.8, 4) is 0 Å². The maximum absolute atomic E-state index is 10.2. The fourth-order valence-electron chi connectivity index (χ4n) is 0.433. The van der Waals surface area contributed by atoms with Gasteiger partial charge in [0.1, 0.15) is 5.37 Å². The maximum atomic E-state index is 10.2. The van der Waals surface area contributed by atoms with Gasteiger partial charge in [0.05, 0.1) is 0 Å². The molecular formula is C4H11NO3S. The zero-order valence-corrected chi connectivity index (χ0v) is 6.06. The molecule has 0 aliphatic heterocycles. The molecule has 0 aromatic rings. The third-order valence-corrected chi connectivity index (χ3v) is 1.96. The topological polar surface area (TPSA) is 80.4 Å². The Hall–Kier alpha value is -0.130. The van der Waals surface area contributed by atoms with Crippen molar-refractivity contribution in [3.05, 3.63) is 0 Å². The van der Waals surface area contributed by atoms with E-state index in [4.69, 9.17) is 10.3 Å². The largest absolute Gasteiger partial charge is 0.313 e. The van der Waals surface area contributed by atoms with Crippen LogP contribution < -0.4 is 5.73 Å². The summed E-state index contributed by atoms with van der Waals surface area (Å²) in [5, 5.41) is -1.11. The second-order valence-electron chi connectivity index (χ2n) is 1.84. The van der Waals surface area contributed by atoms with E-state index >= 15 is 0 Å². The van der Waals surface area contributed by atoms with Crippen molar-refractivity contribution in [2.24, 2.45) is 5.73 Å². The fraction of sp³-hybridized carbons (Fsp3) is 1.00. The Morgan fingerprint density at radius 3 is 2.22 bits per heavy atom. The summed E-state index contributed by atoms with van der Waals surface area (Å²) in [6.45, 7) is 1.80. The highest BCUT2D eigenvalue weighted by atomic mass is 32.2. The van der Waals surface area contributed by atoms with Gasteiger partial charge in [-0.2, -0.15) is 8.42 Å². The van der Waals surface area contributed by atoms with Gasteiger partial charge in [0, 0.05) is 0 Å². The number of hydrogen-bond acceptors (Lipinski definition) is 3. The zero-order chi connectivity index (χ0) is 7.49. The number of rotatable bonds is 3. The molecule has 1 atom stereocenters. The molecule has 0 amide bonds.